The van der Waals surface area contributed by atoms with Crippen molar-refractivity contribution in [3.05, 3.63) is 32.8 Å². The fraction of sp³-hybridized carbons (Fsp3) is 0.462. The number of carbonyl (C=O) groups is 1. The Hall–Kier alpha value is -1.47. The number of anilines is 1. The number of nitrogens with one attached hydrogen (secondary N) is 2. The summed E-state index contributed by atoms with van der Waals surface area (Å²) in [6, 6.07) is 4.47. The van der Waals surface area contributed by atoms with Crippen LogP contribution in [0.1, 0.15) is 19.8 Å². The van der Waals surface area contributed by atoms with Crippen molar-refractivity contribution in [1.82, 2.24) is 5.32 Å². The van der Waals surface area contributed by atoms with Gasteiger partial charge in [-0.1, -0.05) is 0 Å². The maximum absolute atomic E-state index is 12.3. The number of hydrogen-bond donors (Lipinski definition) is 2. The number of benzene rings is 1. The van der Waals surface area contributed by atoms with Gasteiger partial charge in [0.15, 0.2) is 0 Å². The Kier molecular flexibility index (Phi) is 4.39. The fourth-order valence-corrected chi connectivity index (χ4v) is 2.79. The summed E-state index contributed by atoms with van der Waals surface area (Å²) in [5.74, 6) is -0.0644. The van der Waals surface area contributed by atoms with Crippen LogP contribution in [-0.2, 0) is 4.79 Å². The van der Waals surface area contributed by atoms with Crippen LogP contribution in [0.15, 0.2) is 22.7 Å². The van der Waals surface area contributed by atoms with Crippen LogP contribution in [0.3, 0.4) is 0 Å². The lowest BCUT2D eigenvalue weighted by molar-refractivity contribution is -0.385. The summed E-state index contributed by atoms with van der Waals surface area (Å²) in [5, 5.41) is 16.8. The van der Waals surface area contributed by atoms with Crippen molar-refractivity contribution in [3.63, 3.8) is 0 Å². The number of halogens is 1. The number of nitro groups is 1. The van der Waals surface area contributed by atoms with Crippen LogP contribution in [0.2, 0.25) is 0 Å². The van der Waals surface area contributed by atoms with Crippen molar-refractivity contribution in [3.8, 4) is 0 Å². The summed E-state index contributed by atoms with van der Waals surface area (Å²) in [5.41, 5.74) is 0.0970. The van der Waals surface area contributed by atoms with Crippen molar-refractivity contribution in [1.29, 1.82) is 0 Å². The van der Waals surface area contributed by atoms with Gasteiger partial charge in [-0.3, -0.25) is 14.9 Å². The molecule has 1 fully saturated rings. The normalized spacial score (nSPS) is 22.3. The lowest BCUT2D eigenvalue weighted by atomic mass is 9.82. The van der Waals surface area contributed by atoms with Gasteiger partial charge in [0, 0.05) is 18.3 Å². The Bertz CT molecular complexity index is 542. The highest BCUT2D eigenvalue weighted by Crippen LogP contribution is 2.30. The minimum atomic E-state index is -0.470. The highest BCUT2D eigenvalue weighted by molar-refractivity contribution is 9.10. The number of nitrogens with zero attached hydrogens (tertiary/aromatic N) is 1. The second-order valence-corrected chi connectivity index (χ2v) is 6.07. The first-order valence-corrected chi connectivity index (χ1v) is 7.18. The predicted octanol–water partition coefficient (Wildman–Crippen LogP) is 2.69. The third-order valence-electron chi connectivity index (χ3n) is 3.55. The molecule has 1 atom stereocenters. The zero-order valence-electron chi connectivity index (χ0n) is 11.1. The molecule has 0 aromatic heterocycles. The minimum absolute atomic E-state index is 0.0199. The minimum Gasteiger partial charge on any atom is -0.326 e. The molecule has 1 amide bonds. The molecule has 1 aromatic rings. The Balaban J connectivity index is 2.12. The van der Waals surface area contributed by atoms with Gasteiger partial charge in [0.05, 0.1) is 14.8 Å². The molecule has 7 heteroatoms. The van der Waals surface area contributed by atoms with Gasteiger partial charge in [-0.15, -0.1) is 0 Å². The van der Waals surface area contributed by atoms with Gasteiger partial charge in [-0.05, 0) is 54.4 Å². The Morgan fingerprint density at radius 3 is 2.85 bits per heavy atom. The van der Waals surface area contributed by atoms with Crippen molar-refractivity contribution < 1.29 is 9.72 Å². The molecule has 1 aromatic carbocycles. The van der Waals surface area contributed by atoms with Crippen molar-refractivity contribution in [2.75, 3.05) is 18.4 Å². The highest BCUT2D eigenvalue weighted by atomic mass is 79.9. The van der Waals surface area contributed by atoms with Crippen LogP contribution in [0.5, 0.6) is 0 Å². The van der Waals surface area contributed by atoms with Crippen molar-refractivity contribution >= 4 is 33.2 Å². The van der Waals surface area contributed by atoms with Crippen LogP contribution in [0.25, 0.3) is 0 Å². The Labute approximate surface area is 125 Å². The van der Waals surface area contributed by atoms with Crippen LogP contribution < -0.4 is 10.6 Å². The van der Waals surface area contributed by atoms with Gasteiger partial charge in [0.2, 0.25) is 5.91 Å². The molecule has 1 aliphatic heterocycles. The van der Waals surface area contributed by atoms with Gasteiger partial charge >= 0.3 is 0 Å². The van der Waals surface area contributed by atoms with Gasteiger partial charge in [-0.2, -0.15) is 0 Å². The van der Waals surface area contributed by atoms with Crippen LogP contribution in [-0.4, -0.2) is 23.9 Å². The summed E-state index contributed by atoms with van der Waals surface area (Å²) < 4.78 is 0.354. The highest BCUT2D eigenvalue weighted by Gasteiger charge is 2.34. The number of amides is 1. The lowest BCUT2D eigenvalue weighted by Gasteiger charge is -2.32. The van der Waals surface area contributed by atoms with Gasteiger partial charge in [0.25, 0.3) is 5.69 Å². The van der Waals surface area contributed by atoms with E-state index in [4.69, 9.17) is 0 Å². The third-order valence-corrected chi connectivity index (χ3v) is 4.18. The molecule has 0 bridgehead atoms. The first-order chi connectivity index (χ1) is 9.42. The molecule has 2 N–H and O–H groups in total. The summed E-state index contributed by atoms with van der Waals surface area (Å²) in [6.45, 7) is 3.51. The molecule has 0 spiro atoms. The molecule has 2 rings (SSSR count). The number of nitro benzene ring substituents is 1. The molecule has 6 nitrogen and oxygen atoms in total. The van der Waals surface area contributed by atoms with E-state index in [1.165, 1.54) is 6.07 Å². The lowest BCUT2D eigenvalue weighted by Crippen LogP contribution is -2.46. The average molecular weight is 342 g/mol. The van der Waals surface area contributed by atoms with E-state index in [0.29, 0.717) is 16.7 Å². The molecule has 108 valence electrons. The zero-order valence-corrected chi connectivity index (χ0v) is 12.7. The standard InChI is InChI=1S/C13H16BrN3O3/c1-13(5-2-6-15-8-13)12(18)16-9-3-4-11(17(19)20)10(14)7-9/h3-4,7,15H,2,5-6,8H2,1H3,(H,16,18). The van der Waals surface area contributed by atoms with Crippen molar-refractivity contribution in [2.45, 2.75) is 19.8 Å². The van der Waals surface area contributed by atoms with Crippen molar-refractivity contribution in [2.24, 2.45) is 5.41 Å². The number of hydrogen-bond acceptors (Lipinski definition) is 4. The first kappa shape index (κ1) is 14.9. The maximum atomic E-state index is 12.3. The fourth-order valence-electron chi connectivity index (χ4n) is 2.26. The van der Waals surface area contributed by atoms with E-state index in [1.54, 1.807) is 12.1 Å². The monoisotopic (exact) mass is 341 g/mol. The summed E-state index contributed by atoms with van der Waals surface area (Å²) in [4.78, 5) is 22.6. The molecule has 1 unspecified atom stereocenters. The third kappa shape index (κ3) is 3.16. The quantitative estimate of drug-likeness (QED) is 0.653. The number of rotatable bonds is 3. The van der Waals surface area contributed by atoms with E-state index in [0.717, 1.165) is 19.4 Å². The van der Waals surface area contributed by atoms with Gasteiger partial charge in [-0.25, -0.2) is 0 Å². The molecule has 1 heterocycles. The largest absolute Gasteiger partial charge is 0.326 e. The Morgan fingerprint density at radius 2 is 2.30 bits per heavy atom. The van der Waals surface area contributed by atoms with Crippen LogP contribution >= 0.6 is 15.9 Å². The average Bonchev–Trinajstić information content (AvgIpc) is 2.39. The topological polar surface area (TPSA) is 84.3 Å². The second-order valence-electron chi connectivity index (χ2n) is 5.22. The smallest absolute Gasteiger partial charge is 0.283 e. The first-order valence-electron chi connectivity index (χ1n) is 6.38. The van der Waals surface area contributed by atoms with E-state index in [-0.39, 0.29) is 11.6 Å². The molecular weight excluding hydrogens is 326 g/mol. The molecular formula is C13H16BrN3O3. The molecule has 0 radical (unpaired) electrons. The summed E-state index contributed by atoms with van der Waals surface area (Å²) in [7, 11) is 0. The Morgan fingerprint density at radius 1 is 1.55 bits per heavy atom. The summed E-state index contributed by atoms with van der Waals surface area (Å²) in [6.07, 6.45) is 1.80. The molecule has 0 saturated carbocycles. The van der Waals surface area contributed by atoms with Crippen LogP contribution in [0.4, 0.5) is 11.4 Å². The molecule has 1 saturated heterocycles. The molecule has 20 heavy (non-hydrogen) atoms. The van der Waals surface area contributed by atoms with E-state index in [1.807, 2.05) is 6.92 Å². The van der Waals surface area contributed by atoms with E-state index >= 15 is 0 Å². The predicted molar refractivity (Wildman–Crippen MR) is 79.6 cm³/mol. The number of carbonyl (C=O) groups excluding carboxylic acids is 1. The van der Waals surface area contributed by atoms with Gasteiger partial charge in [0.1, 0.15) is 0 Å². The molecule has 0 aliphatic carbocycles. The van der Waals surface area contributed by atoms with Gasteiger partial charge < -0.3 is 10.6 Å². The van der Waals surface area contributed by atoms with E-state index in [9.17, 15) is 14.9 Å². The second kappa shape index (κ2) is 5.88. The van der Waals surface area contributed by atoms with E-state index in [2.05, 4.69) is 26.6 Å². The summed E-state index contributed by atoms with van der Waals surface area (Å²) >= 11 is 3.14. The van der Waals surface area contributed by atoms with E-state index < -0.39 is 10.3 Å². The maximum Gasteiger partial charge on any atom is 0.283 e. The SMILES string of the molecule is CC1(C(=O)Nc2ccc([N+](=O)[O-])c(Br)c2)CCCNC1. The van der Waals surface area contributed by atoms with Crippen LogP contribution in [0, 0.1) is 15.5 Å². The zero-order chi connectivity index (χ0) is 14.8. The molecule has 1 aliphatic rings. The number of piperidine rings is 1.